The highest BCUT2D eigenvalue weighted by Crippen LogP contribution is 2.27. The van der Waals surface area contributed by atoms with Crippen molar-refractivity contribution in [3.8, 4) is 0 Å². The molecule has 0 spiro atoms. The number of aromatic nitrogens is 1. The molecule has 2 aromatic rings. The van der Waals surface area contributed by atoms with E-state index < -0.39 is 0 Å². The Balaban J connectivity index is 2.87. The average Bonchev–Trinajstić information content (AvgIpc) is 2.35. The summed E-state index contributed by atoms with van der Waals surface area (Å²) in [6.45, 7) is 1.90. The van der Waals surface area contributed by atoms with Gasteiger partial charge in [0, 0.05) is 21.6 Å². The summed E-state index contributed by atoms with van der Waals surface area (Å²) in [5.41, 5.74) is 7.94. The maximum Gasteiger partial charge on any atom is 0.169 e. The molecule has 62 valence electrons. The van der Waals surface area contributed by atoms with E-state index in [2.05, 4.69) is 21.1 Å². The molecule has 1 aromatic carbocycles. The van der Waals surface area contributed by atoms with E-state index in [9.17, 15) is 0 Å². The normalized spacial score (nSPS) is 10.8. The molecule has 0 amide bonds. The van der Waals surface area contributed by atoms with Crippen molar-refractivity contribution in [1.29, 1.82) is 0 Å². The van der Waals surface area contributed by atoms with E-state index in [1.54, 1.807) is 6.07 Å². The van der Waals surface area contributed by atoms with E-state index in [1.807, 2.05) is 13.0 Å². The summed E-state index contributed by atoms with van der Waals surface area (Å²) in [6.07, 6.45) is 0. The van der Waals surface area contributed by atoms with Crippen LogP contribution < -0.4 is 5.73 Å². The Hall–Kier alpha value is -1.03. The highest BCUT2D eigenvalue weighted by Gasteiger charge is 2.06. The van der Waals surface area contributed by atoms with Crippen molar-refractivity contribution in [2.45, 2.75) is 6.92 Å². The van der Waals surface area contributed by atoms with Gasteiger partial charge in [0.1, 0.15) is 0 Å². The number of hydrogen-bond acceptors (Lipinski definition) is 3. The number of rotatable bonds is 0. The maximum atomic E-state index is 5.66. The van der Waals surface area contributed by atoms with Gasteiger partial charge >= 0.3 is 0 Å². The zero-order valence-electron chi connectivity index (χ0n) is 6.47. The van der Waals surface area contributed by atoms with Gasteiger partial charge in [0.25, 0.3) is 0 Å². The second-order valence-corrected chi connectivity index (χ2v) is 3.49. The van der Waals surface area contributed by atoms with Crippen molar-refractivity contribution < 1.29 is 4.52 Å². The summed E-state index contributed by atoms with van der Waals surface area (Å²) in [5.74, 6) is 0. The lowest BCUT2D eigenvalue weighted by Gasteiger charge is -1.95. The van der Waals surface area contributed by atoms with Crippen molar-refractivity contribution in [2.75, 3.05) is 5.73 Å². The van der Waals surface area contributed by atoms with Crippen molar-refractivity contribution in [2.24, 2.45) is 0 Å². The van der Waals surface area contributed by atoms with E-state index in [0.717, 1.165) is 21.1 Å². The van der Waals surface area contributed by atoms with Crippen molar-refractivity contribution in [3.63, 3.8) is 0 Å². The molecule has 0 aliphatic heterocycles. The van der Waals surface area contributed by atoms with E-state index in [-0.39, 0.29) is 0 Å². The Morgan fingerprint density at radius 3 is 3.00 bits per heavy atom. The van der Waals surface area contributed by atoms with Gasteiger partial charge in [-0.25, -0.2) is 0 Å². The molecule has 3 nitrogen and oxygen atoms in total. The van der Waals surface area contributed by atoms with Gasteiger partial charge in [0.15, 0.2) is 5.58 Å². The first-order valence-electron chi connectivity index (χ1n) is 3.49. The second-order valence-electron chi connectivity index (χ2n) is 2.64. The molecule has 1 heterocycles. The Labute approximate surface area is 77.7 Å². The van der Waals surface area contributed by atoms with Crippen molar-refractivity contribution in [1.82, 2.24) is 5.16 Å². The second kappa shape index (κ2) is 2.48. The quantitative estimate of drug-likeness (QED) is 0.703. The molecule has 2 N–H and O–H groups in total. The zero-order chi connectivity index (χ0) is 8.72. The molecule has 0 unspecified atom stereocenters. The number of hydrogen-bond donors (Lipinski definition) is 1. The third kappa shape index (κ3) is 0.992. The number of nitrogens with zero attached hydrogens (tertiary/aromatic N) is 1. The molecule has 2 rings (SSSR count). The number of benzene rings is 1. The maximum absolute atomic E-state index is 5.66. The number of anilines is 1. The van der Waals surface area contributed by atoms with Crippen LogP contribution in [0.3, 0.4) is 0 Å². The van der Waals surface area contributed by atoms with Crippen LogP contribution in [0, 0.1) is 6.92 Å². The Morgan fingerprint density at radius 2 is 2.25 bits per heavy atom. The molecule has 0 saturated carbocycles. The first kappa shape index (κ1) is 7.61. The molecule has 0 radical (unpaired) electrons. The summed E-state index contributed by atoms with van der Waals surface area (Å²) in [5, 5.41) is 4.82. The molecular weight excluding hydrogens is 220 g/mol. The third-order valence-electron chi connectivity index (χ3n) is 1.77. The summed E-state index contributed by atoms with van der Waals surface area (Å²) in [6, 6.07) is 3.68. The fourth-order valence-corrected chi connectivity index (χ4v) is 1.44. The van der Waals surface area contributed by atoms with Gasteiger partial charge in [-0.05, 0) is 28.9 Å². The van der Waals surface area contributed by atoms with Gasteiger partial charge in [-0.1, -0.05) is 5.16 Å². The van der Waals surface area contributed by atoms with Gasteiger partial charge in [0.2, 0.25) is 0 Å². The predicted octanol–water partition coefficient (Wildman–Crippen LogP) is 2.48. The molecule has 0 aliphatic carbocycles. The molecule has 12 heavy (non-hydrogen) atoms. The summed E-state index contributed by atoms with van der Waals surface area (Å²) >= 11 is 3.34. The van der Waals surface area contributed by atoms with Crippen LogP contribution >= 0.6 is 15.9 Å². The Bertz CT molecular complexity index is 436. The minimum Gasteiger partial charge on any atom is -0.398 e. The average molecular weight is 227 g/mol. The molecule has 4 heteroatoms. The van der Waals surface area contributed by atoms with E-state index in [4.69, 9.17) is 10.3 Å². The van der Waals surface area contributed by atoms with Gasteiger partial charge in [-0.3, -0.25) is 0 Å². The first-order chi connectivity index (χ1) is 5.68. The fraction of sp³-hybridized carbons (Fsp3) is 0.125. The standard InChI is InChI=1S/C8H7BrN2O/c1-4-5-2-6(9)7(10)3-8(5)12-11-4/h2-3H,10H2,1H3. The molecule has 0 fully saturated rings. The third-order valence-corrected chi connectivity index (χ3v) is 2.46. The van der Waals surface area contributed by atoms with Gasteiger partial charge in [-0.2, -0.15) is 0 Å². The van der Waals surface area contributed by atoms with Crippen LogP contribution in [0.2, 0.25) is 0 Å². The minimum absolute atomic E-state index is 0.665. The monoisotopic (exact) mass is 226 g/mol. The highest BCUT2D eigenvalue weighted by atomic mass is 79.9. The number of halogens is 1. The molecule has 0 atom stereocenters. The van der Waals surface area contributed by atoms with Crippen LogP contribution in [0.4, 0.5) is 5.69 Å². The molecule has 0 aliphatic rings. The molecule has 1 aromatic heterocycles. The van der Waals surface area contributed by atoms with Crippen LogP contribution in [0.25, 0.3) is 11.0 Å². The summed E-state index contributed by atoms with van der Waals surface area (Å²) < 4.78 is 5.91. The topological polar surface area (TPSA) is 52.0 Å². The van der Waals surface area contributed by atoms with E-state index in [1.165, 1.54) is 0 Å². The van der Waals surface area contributed by atoms with Gasteiger partial charge in [0.05, 0.1) is 5.69 Å². The van der Waals surface area contributed by atoms with Crippen LogP contribution in [0.1, 0.15) is 5.69 Å². The zero-order valence-corrected chi connectivity index (χ0v) is 8.05. The Morgan fingerprint density at radius 1 is 1.50 bits per heavy atom. The predicted molar refractivity (Wildman–Crippen MR) is 50.9 cm³/mol. The van der Waals surface area contributed by atoms with E-state index in [0.29, 0.717) is 5.69 Å². The number of fused-ring (bicyclic) bond motifs is 1. The smallest absolute Gasteiger partial charge is 0.169 e. The lowest BCUT2D eigenvalue weighted by molar-refractivity contribution is 0.450. The molecule has 0 bridgehead atoms. The largest absolute Gasteiger partial charge is 0.398 e. The Kier molecular flexibility index (Phi) is 1.58. The van der Waals surface area contributed by atoms with Crippen LogP contribution in [-0.2, 0) is 0 Å². The van der Waals surface area contributed by atoms with Crippen LogP contribution in [0.5, 0.6) is 0 Å². The lowest BCUT2D eigenvalue weighted by Crippen LogP contribution is -1.85. The van der Waals surface area contributed by atoms with E-state index >= 15 is 0 Å². The van der Waals surface area contributed by atoms with Crippen molar-refractivity contribution in [3.05, 3.63) is 22.3 Å². The highest BCUT2D eigenvalue weighted by molar-refractivity contribution is 9.10. The summed E-state index contributed by atoms with van der Waals surface area (Å²) in [4.78, 5) is 0. The van der Waals surface area contributed by atoms with Gasteiger partial charge in [-0.15, -0.1) is 0 Å². The first-order valence-corrected chi connectivity index (χ1v) is 4.29. The van der Waals surface area contributed by atoms with Gasteiger partial charge < -0.3 is 10.3 Å². The fourth-order valence-electron chi connectivity index (χ4n) is 1.09. The van der Waals surface area contributed by atoms with Crippen LogP contribution in [-0.4, -0.2) is 5.16 Å². The molecular formula is C8H7BrN2O. The SMILES string of the molecule is Cc1noc2cc(N)c(Br)cc12. The number of nitrogens with two attached hydrogens (primary N) is 1. The molecule has 0 saturated heterocycles. The number of nitrogen functional groups attached to an aromatic ring is 1. The summed E-state index contributed by atoms with van der Waals surface area (Å²) in [7, 11) is 0. The minimum atomic E-state index is 0.665. The van der Waals surface area contributed by atoms with Crippen LogP contribution in [0.15, 0.2) is 21.1 Å². The number of aryl methyl sites for hydroxylation is 1. The lowest BCUT2D eigenvalue weighted by atomic mass is 10.2. The van der Waals surface area contributed by atoms with Crippen molar-refractivity contribution >= 4 is 32.6 Å².